The molecule has 3 heterocycles. The fraction of sp³-hybridized carbons (Fsp3) is 0. The third kappa shape index (κ3) is 3.68. The number of nitrogens with zero attached hydrogens (tertiary/aromatic N) is 1. The minimum atomic E-state index is 1.17. The summed E-state index contributed by atoms with van der Waals surface area (Å²) in [4.78, 5) is 3.56. The molecule has 45 heavy (non-hydrogen) atoms. The van der Waals surface area contributed by atoms with Gasteiger partial charge in [0.05, 0.1) is 11.0 Å². The Labute approximate surface area is 263 Å². The Morgan fingerprint density at radius 3 is 1.96 bits per heavy atom. The Hall–Kier alpha value is -5.64. The second-order valence-electron chi connectivity index (χ2n) is 11.8. The molecule has 0 fully saturated rings. The van der Waals surface area contributed by atoms with Crippen LogP contribution in [0, 0.1) is 0 Å². The van der Waals surface area contributed by atoms with Gasteiger partial charge < -0.3 is 9.55 Å². The van der Waals surface area contributed by atoms with Gasteiger partial charge in [0, 0.05) is 58.4 Å². The highest BCUT2D eigenvalue weighted by atomic mass is 32.1. The lowest BCUT2D eigenvalue weighted by Crippen LogP contribution is -1.93. The maximum absolute atomic E-state index is 3.56. The standard InChI is InChI=1S/C42H26N2S/c1-4-13-37-31(8-1)35-24-27(18-22-38(35)43-37)28-19-23-40-36(25-28)32-9-2-5-14-39(32)44(40)29-20-16-26(17-21-29)30-11-7-12-34-33-10-3-6-15-41(33)45-42(30)34/h1-25,43H. The van der Waals surface area contributed by atoms with Crippen molar-refractivity contribution in [3.63, 3.8) is 0 Å². The van der Waals surface area contributed by atoms with Crippen molar-refractivity contribution in [1.29, 1.82) is 0 Å². The Balaban J connectivity index is 1.10. The van der Waals surface area contributed by atoms with Crippen LogP contribution in [0.25, 0.3) is 91.7 Å². The summed E-state index contributed by atoms with van der Waals surface area (Å²) in [6.45, 7) is 0. The normalized spacial score (nSPS) is 12.0. The number of benzene rings is 7. The third-order valence-electron chi connectivity index (χ3n) is 9.35. The summed E-state index contributed by atoms with van der Waals surface area (Å²) in [6, 6.07) is 55.5. The van der Waals surface area contributed by atoms with Crippen LogP contribution in [0.15, 0.2) is 152 Å². The molecule has 0 aliphatic heterocycles. The molecule has 210 valence electrons. The van der Waals surface area contributed by atoms with E-state index >= 15 is 0 Å². The van der Waals surface area contributed by atoms with E-state index in [9.17, 15) is 0 Å². The topological polar surface area (TPSA) is 20.7 Å². The molecule has 0 atom stereocenters. The van der Waals surface area contributed by atoms with E-state index in [2.05, 4.69) is 161 Å². The molecule has 0 unspecified atom stereocenters. The number of hydrogen-bond acceptors (Lipinski definition) is 1. The summed E-state index contributed by atoms with van der Waals surface area (Å²) in [5.41, 5.74) is 10.9. The molecular weight excluding hydrogens is 565 g/mol. The molecule has 1 N–H and O–H groups in total. The van der Waals surface area contributed by atoms with Gasteiger partial charge in [0.25, 0.3) is 0 Å². The van der Waals surface area contributed by atoms with Gasteiger partial charge in [-0.2, -0.15) is 0 Å². The number of thiophene rings is 1. The first-order valence-corrected chi connectivity index (χ1v) is 16.2. The predicted octanol–water partition coefficient (Wildman–Crippen LogP) is 12.1. The van der Waals surface area contributed by atoms with Crippen molar-refractivity contribution >= 4 is 75.1 Å². The van der Waals surface area contributed by atoms with Crippen LogP contribution in [-0.4, -0.2) is 9.55 Å². The van der Waals surface area contributed by atoms with Crippen LogP contribution < -0.4 is 0 Å². The van der Waals surface area contributed by atoms with Crippen molar-refractivity contribution in [3.8, 4) is 27.9 Å². The first-order valence-electron chi connectivity index (χ1n) is 15.4. The Bertz CT molecular complexity index is 2760. The molecule has 0 saturated heterocycles. The first-order chi connectivity index (χ1) is 22.3. The van der Waals surface area contributed by atoms with Crippen LogP contribution in [0.1, 0.15) is 0 Å². The van der Waals surface area contributed by atoms with Crippen molar-refractivity contribution in [2.75, 3.05) is 0 Å². The van der Waals surface area contributed by atoms with Gasteiger partial charge in [-0.25, -0.2) is 0 Å². The lowest BCUT2D eigenvalue weighted by atomic mass is 10.0. The Morgan fingerprint density at radius 2 is 1.07 bits per heavy atom. The second kappa shape index (κ2) is 9.43. The van der Waals surface area contributed by atoms with E-state index in [0.717, 1.165) is 0 Å². The van der Waals surface area contributed by atoms with Gasteiger partial charge in [-0.3, -0.25) is 0 Å². The van der Waals surface area contributed by atoms with Crippen LogP contribution in [-0.2, 0) is 0 Å². The van der Waals surface area contributed by atoms with Crippen molar-refractivity contribution in [3.05, 3.63) is 152 Å². The van der Waals surface area contributed by atoms with Crippen molar-refractivity contribution < 1.29 is 0 Å². The van der Waals surface area contributed by atoms with E-state index in [1.807, 2.05) is 11.3 Å². The van der Waals surface area contributed by atoms with Gasteiger partial charge in [-0.15, -0.1) is 11.3 Å². The van der Waals surface area contributed by atoms with Crippen molar-refractivity contribution in [2.45, 2.75) is 0 Å². The number of hydrogen-bond donors (Lipinski definition) is 1. The molecule has 10 aromatic rings. The van der Waals surface area contributed by atoms with Crippen molar-refractivity contribution in [2.24, 2.45) is 0 Å². The molecule has 0 aliphatic carbocycles. The van der Waals surface area contributed by atoms with E-state index in [4.69, 9.17) is 0 Å². The smallest absolute Gasteiger partial charge is 0.0541 e. The quantitative estimate of drug-likeness (QED) is 0.211. The minimum absolute atomic E-state index is 1.17. The van der Waals surface area contributed by atoms with Crippen LogP contribution in [0.3, 0.4) is 0 Å². The molecule has 0 radical (unpaired) electrons. The third-order valence-corrected chi connectivity index (χ3v) is 10.6. The molecule has 3 heteroatoms. The number of fused-ring (bicyclic) bond motifs is 9. The fourth-order valence-corrected chi connectivity index (χ4v) is 8.46. The first kappa shape index (κ1) is 24.8. The lowest BCUT2D eigenvalue weighted by Gasteiger charge is -2.10. The zero-order chi connectivity index (χ0) is 29.5. The lowest BCUT2D eigenvalue weighted by molar-refractivity contribution is 1.18. The fourth-order valence-electron chi connectivity index (χ4n) is 7.22. The molecule has 0 aliphatic rings. The summed E-state index contributed by atoms with van der Waals surface area (Å²) in [5.74, 6) is 0. The summed E-state index contributed by atoms with van der Waals surface area (Å²) >= 11 is 1.88. The number of aromatic amines is 1. The summed E-state index contributed by atoms with van der Waals surface area (Å²) in [7, 11) is 0. The highest BCUT2D eigenvalue weighted by molar-refractivity contribution is 7.26. The van der Waals surface area contributed by atoms with E-state index < -0.39 is 0 Å². The van der Waals surface area contributed by atoms with Gasteiger partial charge in [-0.1, -0.05) is 97.1 Å². The van der Waals surface area contributed by atoms with Gasteiger partial charge >= 0.3 is 0 Å². The Morgan fingerprint density at radius 1 is 0.422 bits per heavy atom. The SMILES string of the molecule is c1ccc2c(c1)[nH]c1ccc(-c3ccc4c(c3)c3ccccc3n4-c3ccc(-c4cccc5c4sc4ccccc45)cc3)cc12. The molecule has 0 amide bonds. The van der Waals surface area contributed by atoms with Crippen molar-refractivity contribution in [1.82, 2.24) is 9.55 Å². The van der Waals surface area contributed by atoms with E-state index in [0.29, 0.717) is 0 Å². The number of rotatable bonds is 3. The second-order valence-corrected chi connectivity index (χ2v) is 12.9. The average molecular weight is 591 g/mol. The Kier molecular flexibility index (Phi) is 5.19. The monoisotopic (exact) mass is 590 g/mol. The van der Waals surface area contributed by atoms with E-state index in [-0.39, 0.29) is 0 Å². The highest BCUT2D eigenvalue weighted by Gasteiger charge is 2.15. The van der Waals surface area contributed by atoms with Gasteiger partial charge in [0.2, 0.25) is 0 Å². The number of aromatic nitrogens is 2. The van der Waals surface area contributed by atoms with Crippen LogP contribution in [0.5, 0.6) is 0 Å². The van der Waals surface area contributed by atoms with Crippen LogP contribution in [0.2, 0.25) is 0 Å². The summed E-state index contributed by atoms with van der Waals surface area (Å²) in [6.07, 6.45) is 0. The van der Waals surface area contributed by atoms with Gasteiger partial charge in [0.1, 0.15) is 0 Å². The molecule has 0 saturated carbocycles. The maximum atomic E-state index is 3.56. The summed E-state index contributed by atoms with van der Waals surface area (Å²) in [5, 5.41) is 7.72. The zero-order valence-electron chi connectivity index (χ0n) is 24.3. The zero-order valence-corrected chi connectivity index (χ0v) is 25.1. The highest BCUT2D eigenvalue weighted by Crippen LogP contribution is 2.41. The molecule has 0 bridgehead atoms. The molecule has 0 spiro atoms. The maximum Gasteiger partial charge on any atom is 0.0541 e. The number of para-hydroxylation sites is 2. The molecule has 2 nitrogen and oxygen atoms in total. The van der Waals surface area contributed by atoms with E-state index in [1.165, 1.54) is 91.7 Å². The largest absolute Gasteiger partial charge is 0.355 e. The molecule has 10 rings (SSSR count). The number of H-pyrrole nitrogens is 1. The predicted molar refractivity (Wildman–Crippen MR) is 194 cm³/mol. The molecule has 7 aromatic carbocycles. The minimum Gasteiger partial charge on any atom is -0.355 e. The van der Waals surface area contributed by atoms with Crippen LogP contribution in [0.4, 0.5) is 0 Å². The number of nitrogens with one attached hydrogen (secondary N) is 1. The van der Waals surface area contributed by atoms with Crippen LogP contribution >= 0.6 is 11.3 Å². The van der Waals surface area contributed by atoms with Gasteiger partial charge in [0.15, 0.2) is 0 Å². The van der Waals surface area contributed by atoms with Gasteiger partial charge in [-0.05, 0) is 76.9 Å². The van der Waals surface area contributed by atoms with E-state index in [1.54, 1.807) is 0 Å². The average Bonchev–Trinajstić information content (AvgIpc) is 3.77. The molecule has 3 aromatic heterocycles. The summed E-state index contributed by atoms with van der Waals surface area (Å²) < 4.78 is 5.09. The molecular formula is C42H26N2S.